The average molecular weight is 540 g/mol. The van der Waals surface area contributed by atoms with Gasteiger partial charge in [-0.3, -0.25) is 19.7 Å². The quantitative estimate of drug-likeness (QED) is 0.247. The van der Waals surface area contributed by atoms with Gasteiger partial charge in [0, 0.05) is 36.7 Å². The maximum Gasteiger partial charge on any atom is 0.311 e. The lowest BCUT2D eigenvalue weighted by atomic mass is 10.0. The summed E-state index contributed by atoms with van der Waals surface area (Å²) < 4.78 is 10.8. The fourth-order valence-corrected chi connectivity index (χ4v) is 3.96. The van der Waals surface area contributed by atoms with E-state index >= 15 is 0 Å². The van der Waals surface area contributed by atoms with E-state index in [4.69, 9.17) is 21.1 Å². The van der Waals surface area contributed by atoms with Gasteiger partial charge in [-0.25, -0.2) is 0 Å². The number of hydrogen-bond donors (Lipinski definition) is 1. The minimum atomic E-state index is -0.804. The van der Waals surface area contributed by atoms with E-state index in [9.17, 15) is 19.7 Å². The van der Waals surface area contributed by atoms with E-state index in [0.717, 1.165) is 17.5 Å². The number of nitrogens with zero attached hydrogens (tertiary/aromatic N) is 2. The van der Waals surface area contributed by atoms with Gasteiger partial charge in [-0.1, -0.05) is 61.0 Å². The van der Waals surface area contributed by atoms with E-state index in [0.29, 0.717) is 18.0 Å². The zero-order valence-corrected chi connectivity index (χ0v) is 22.0. The highest BCUT2D eigenvalue weighted by Crippen LogP contribution is 2.31. The minimum Gasteiger partial charge on any atom is -0.490 e. The van der Waals surface area contributed by atoms with Crippen molar-refractivity contribution in [3.63, 3.8) is 0 Å². The SMILES string of the molecule is CCCNC(=O)[C@@H](Cc1ccccc1)N(Cc1ccc(Cl)cc1)C(=O)COc1ccc([N+](=O)[O-])c(OC)c1. The highest BCUT2D eigenvalue weighted by atomic mass is 35.5. The molecule has 1 N–H and O–H groups in total. The first-order chi connectivity index (χ1) is 18.3. The molecule has 2 amide bonds. The number of carbonyl (C=O) groups excluding carboxylic acids is 2. The number of nitro benzene ring substituents is 1. The summed E-state index contributed by atoms with van der Waals surface area (Å²) >= 11 is 6.04. The van der Waals surface area contributed by atoms with Crippen LogP contribution in [-0.4, -0.2) is 47.9 Å². The summed E-state index contributed by atoms with van der Waals surface area (Å²) in [5.74, 6) is -0.457. The summed E-state index contributed by atoms with van der Waals surface area (Å²) in [7, 11) is 1.31. The largest absolute Gasteiger partial charge is 0.490 e. The van der Waals surface area contributed by atoms with Crippen molar-refractivity contribution >= 4 is 29.1 Å². The van der Waals surface area contributed by atoms with Crippen LogP contribution in [0, 0.1) is 10.1 Å². The second kappa shape index (κ2) is 14.0. The Bertz CT molecular complexity index is 1240. The van der Waals surface area contributed by atoms with Crippen LogP contribution in [0.5, 0.6) is 11.5 Å². The Kier molecular flexibility index (Phi) is 10.5. The number of ether oxygens (including phenoxy) is 2. The van der Waals surface area contributed by atoms with Gasteiger partial charge in [0.05, 0.1) is 12.0 Å². The Labute approximate surface area is 226 Å². The van der Waals surface area contributed by atoms with Gasteiger partial charge in [0.1, 0.15) is 11.8 Å². The molecular weight excluding hydrogens is 510 g/mol. The first-order valence-electron chi connectivity index (χ1n) is 12.1. The van der Waals surface area contributed by atoms with Gasteiger partial charge < -0.3 is 19.7 Å². The highest BCUT2D eigenvalue weighted by Gasteiger charge is 2.30. The van der Waals surface area contributed by atoms with Crippen LogP contribution >= 0.6 is 11.6 Å². The highest BCUT2D eigenvalue weighted by molar-refractivity contribution is 6.30. The molecule has 0 radical (unpaired) electrons. The second-order valence-electron chi connectivity index (χ2n) is 8.52. The Hall–Kier alpha value is -4.11. The van der Waals surface area contributed by atoms with Gasteiger partial charge in [-0.15, -0.1) is 0 Å². The summed E-state index contributed by atoms with van der Waals surface area (Å²) in [4.78, 5) is 39.0. The molecule has 0 aromatic heterocycles. The number of carbonyl (C=O) groups is 2. The van der Waals surface area contributed by atoms with Crippen LogP contribution in [-0.2, 0) is 22.6 Å². The maximum absolute atomic E-state index is 13.6. The summed E-state index contributed by atoms with van der Waals surface area (Å²) in [6, 6.07) is 19.7. The van der Waals surface area contributed by atoms with Crippen molar-refractivity contribution in [2.24, 2.45) is 0 Å². The lowest BCUT2D eigenvalue weighted by molar-refractivity contribution is -0.385. The van der Waals surface area contributed by atoms with Crippen molar-refractivity contribution in [2.75, 3.05) is 20.3 Å². The molecule has 0 heterocycles. The van der Waals surface area contributed by atoms with Gasteiger partial charge >= 0.3 is 5.69 Å². The zero-order valence-electron chi connectivity index (χ0n) is 21.3. The number of methoxy groups -OCH3 is 1. The Balaban J connectivity index is 1.89. The predicted molar refractivity (Wildman–Crippen MR) is 144 cm³/mol. The van der Waals surface area contributed by atoms with Crippen molar-refractivity contribution in [3.05, 3.63) is 99.1 Å². The van der Waals surface area contributed by atoms with E-state index in [2.05, 4.69) is 5.32 Å². The van der Waals surface area contributed by atoms with E-state index in [1.807, 2.05) is 37.3 Å². The van der Waals surface area contributed by atoms with Gasteiger partial charge in [-0.05, 0) is 35.7 Å². The van der Waals surface area contributed by atoms with Crippen molar-refractivity contribution in [3.8, 4) is 11.5 Å². The Morgan fingerprint density at radius 1 is 1.05 bits per heavy atom. The van der Waals surface area contributed by atoms with Crippen molar-refractivity contribution in [1.82, 2.24) is 10.2 Å². The molecular formula is C28H30ClN3O6. The van der Waals surface area contributed by atoms with Crippen LogP contribution < -0.4 is 14.8 Å². The molecule has 3 aromatic carbocycles. The molecule has 0 saturated heterocycles. The van der Waals surface area contributed by atoms with Crippen molar-refractivity contribution in [1.29, 1.82) is 0 Å². The lowest BCUT2D eigenvalue weighted by Crippen LogP contribution is -2.51. The molecule has 0 saturated carbocycles. The molecule has 9 nitrogen and oxygen atoms in total. The first-order valence-corrected chi connectivity index (χ1v) is 12.5. The summed E-state index contributed by atoms with van der Waals surface area (Å²) in [5.41, 5.74) is 1.48. The van der Waals surface area contributed by atoms with Gasteiger partial charge in [0.15, 0.2) is 6.61 Å². The van der Waals surface area contributed by atoms with Crippen molar-refractivity contribution in [2.45, 2.75) is 32.4 Å². The Morgan fingerprint density at radius 3 is 2.39 bits per heavy atom. The van der Waals surface area contributed by atoms with E-state index in [-0.39, 0.29) is 36.2 Å². The third-order valence-corrected chi connectivity index (χ3v) is 6.05. The average Bonchev–Trinajstić information content (AvgIpc) is 2.93. The molecule has 0 spiro atoms. The van der Waals surface area contributed by atoms with E-state index in [1.165, 1.54) is 30.2 Å². The third-order valence-electron chi connectivity index (χ3n) is 5.80. The molecule has 0 unspecified atom stereocenters. The number of nitro groups is 1. The number of benzene rings is 3. The van der Waals surface area contributed by atoms with Crippen LogP contribution in [0.2, 0.25) is 5.02 Å². The van der Waals surface area contributed by atoms with Gasteiger partial charge in [0.2, 0.25) is 11.7 Å². The number of nitrogens with one attached hydrogen (secondary N) is 1. The second-order valence-corrected chi connectivity index (χ2v) is 8.96. The first kappa shape index (κ1) is 28.5. The number of hydrogen-bond acceptors (Lipinski definition) is 6. The number of rotatable bonds is 13. The van der Waals surface area contributed by atoms with E-state index in [1.54, 1.807) is 24.3 Å². The normalized spacial score (nSPS) is 11.3. The summed E-state index contributed by atoms with van der Waals surface area (Å²) in [6.07, 6.45) is 1.06. The fraction of sp³-hybridized carbons (Fsp3) is 0.286. The fourth-order valence-electron chi connectivity index (χ4n) is 3.83. The molecule has 38 heavy (non-hydrogen) atoms. The van der Waals surface area contributed by atoms with Crippen LogP contribution in [0.25, 0.3) is 0 Å². The molecule has 0 aliphatic heterocycles. The van der Waals surface area contributed by atoms with Crippen LogP contribution in [0.1, 0.15) is 24.5 Å². The molecule has 0 aliphatic rings. The lowest BCUT2D eigenvalue weighted by Gasteiger charge is -2.31. The van der Waals surface area contributed by atoms with Crippen LogP contribution in [0.15, 0.2) is 72.8 Å². The van der Waals surface area contributed by atoms with Crippen LogP contribution in [0.3, 0.4) is 0 Å². The summed E-state index contributed by atoms with van der Waals surface area (Å²) in [6.45, 7) is 2.20. The molecule has 200 valence electrons. The molecule has 10 heteroatoms. The molecule has 3 aromatic rings. The number of amides is 2. The van der Waals surface area contributed by atoms with Crippen molar-refractivity contribution < 1.29 is 24.0 Å². The topological polar surface area (TPSA) is 111 Å². The maximum atomic E-state index is 13.6. The smallest absolute Gasteiger partial charge is 0.311 e. The monoisotopic (exact) mass is 539 g/mol. The van der Waals surface area contributed by atoms with E-state index < -0.39 is 16.9 Å². The molecule has 0 bridgehead atoms. The molecule has 0 fully saturated rings. The van der Waals surface area contributed by atoms with Gasteiger partial charge in [0.25, 0.3) is 5.91 Å². The number of halogens is 1. The van der Waals surface area contributed by atoms with Gasteiger partial charge in [-0.2, -0.15) is 0 Å². The third kappa shape index (κ3) is 7.94. The molecule has 1 atom stereocenters. The summed E-state index contributed by atoms with van der Waals surface area (Å²) in [5, 5.41) is 14.7. The predicted octanol–water partition coefficient (Wildman–Crippen LogP) is 4.80. The molecule has 0 aliphatic carbocycles. The van der Waals surface area contributed by atoms with Crippen LogP contribution in [0.4, 0.5) is 5.69 Å². The zero-order chi connectivity index (χ0) is 27.5. The minimum absolute atomic E-state index is 0.0128. The Morgan fingerprint density at radius 2 is 1.76 bits per heavy atom. The molecule has 3 rings (SSSR count). The standard InChI is InChI=1S/C28H30ClN3O6/c1-3-15-30-28(34)25(16-20-7-5-4-6-8-20)31(18-21-9-11-22(29)12-10-21)27(33)19-38-23-13-14-24(32(35)36)26(17-23)37-2/h4-14,17,25H,3,15-16,18-19H2,1-2H3,(H,30,34)/t25-/m1/s1.